The topological polar surface area (TPSA) is 117 Å². The smallest absolute Gasteiger partial charge is 0.326 e. The van der Waals surface area contributed by atoms with Gasteiger partial charge < -0.3 is 25.4 Å². The summed E-state index contributed by atoms with van der Waals surface area (Å²) in [6, 6.07) is 4.13. The van der Waals surface area contributed by atoms with E-state index in [2.05, 4.69) is 27.8 Å². The molecule has 3 N–H and O–H groups in total. The summed E-state index contributed by atoms with van der Waals surface area (Å²) in [5, 5.41) is 15.9. The number of amides is 1. The molecule has 1 amide bonds. The summed E-state index contributed by atoms with van der Waals surface area (Å²) in [5.74, 6) is -1.32. The molecule has 4 rings (SSSR count). The highest BCUT2D eigenvalue weighted by Gasteiger charge is 2.54. The number of carboxylic acids is 1. The second-order valence-electron chi connectivity index (χ2n) is 10.8. The Bertz CT molecular complexity index is 1210. The molecule has 0 saturated heterocycles. The fourth-order valence-corrected chi connectivity index (χ4v) is 5.58. The fourth-order valence-electron chi connectivity index (χ4n) is 5.25. The number of aryl methyl sites for hydroxylation is 2. The van der Waals surface area contributed by atoms with Crippen LogP contribution in [-0.4, -0.2) is 84.0 Å². The van der Waals surface area contributed by atoms with E-state index in [9.17, 15) is 23.5 Å². The number of halogens is 3. The first-order chi connectivity index (χ1) is 19.8. The monoisotopic (exact) mass is 593 g/mol. The van der Waals surface area contributed by atoms with Gasteiger partial charge in [0.2, 0.25) is 5.91 Å². The molecule has 0 aromatic carbocycles. The molecule has 1 aliphatic carbocycles. The van der Waals surface area contributed by atoms with Gasteiger partial charge in [0.15, 0.2) is 0 Å². The van der Waals surface area contributed by atoms with Gasteiger partial charge in [0.05, 0.1) is 28.4 Å². The molecule has 12 heteroatoms. The van der Waals surface area contributed by atoms with Gasteiger partial charge >= 0.3 is 5.97 Å². The summed E-state index contributed by atoms with van der Waals surface area (Å²) >= 11 is 6.15. The van der Waals surface area contributed by atoms with E-state index in [1.165, 1.54) is 12.7 Å². The van der Waals surface area contributed by atoms with Crippen molar-refractivity contribution in [2.24, 2.45) is 0 Å². The maximum atomic E-state index is 13.5. The molecule has 0 unspecified atom stereocenters. The largest absolute Gasteiger partial charge is 0.480 e. The Balaban J connectivity index is 1.32. The predicted octanol–water partition coefficient (Wildman–Crippen LogP) is 3.93. The number of aromatic nitrogens is 2. The first kappa shape index (κ1) is 31.1. The quantitative estimate of drug-likeness (QED) is 0.251. The van der Waals surface area contributed by atoms with Gasteiger partial charge in [-0.2, -0.15) is 0 Å². The van der Waals surface area contributed by atoms with E-state index in [4.69, 9.17) is 21.3 Å². The van der Waals surface area contributed by atoms with E-state index >= 15 is 0 Å². The Kier molecular flexibility index (Phi) is 10.9. The van der Waals surface area contributed by atoms with Crippen LogP contribution in [0.1, 0.15) is 55.5 Å². The third kappa shape index (κ3) is 8.11. The number of ether oxygens (including phenoxy) is 1. The van der Waals surface area contributed by atoms with E-state index in [0.717, 1.165) is 62.4 Å². The molecule has 2 atom stereocenters. The van der Waals surface area contributed by atoms with E-state index in [-0.39, 0.29) is 17.1 Å². The number of rotatable bonds is 16. The van der Waals surface area contributed by atoms with Crippen molar-refractivity contribution in [1.82, 2.24) is 20.2 Å². The van der Waals surface area contributed by atoms with Crippen LogP contribution in [0.5, 0.6) is 0 Å². The molecule has 1 aliphatic heterocycles. The number of carboxylic acid groups (broad SMARTS) is 1. The van der Waals surface area contributed by atoms with Crippen LogP contribution in [-0.2, 0) is 32.6 Å². The normalized spacial score (nSPS) is 16.9. The second-order valence-corrected chi connectivity index (χ2v) is 11.2. The number of aliphatic carboxylic acids is 1. The molecule has 1 saturated carbocycles. The standard InChI is InChI=1S/C29H38ClF2N5O4/c1-41-22(16-31)18-37(13-3-2-6-21-8-7-19-5-4-12-33-26(19)35-21)14-9-24(27(38)39)36-28(40)29(10-11-29)25-23(30)15-20(32)17-34-25/h7-8,15,17,22,24H,2-6,9-14,16,18H2,1H3,(H,33,35)(H,36,40)(H,38,39)/t22-,24+/m1/s1. The van der Waals surface area contributed by atoms with Gasteiger partial charge in [-0.25, -0.2) is 18.6 Å². The van der Waals surface area contributed by atoms with Crippen LogP contribution >= 0.6 is 11.6 Å². The van der Waals surface area contributed by atoms with Crippen molar-refractivity contribution in [2.45, 2.75) is 68.9 Å². The number of anilines is 1. The number of nitrogens with zero attached hydrogens (tertiary/aromatic N) is 3. The number of carbonyl (C=O) groups excluding carboxylic acids is 1. The summed E-state index contributed by atoms with van der Waals surface area (Å²) in [7, 11) is 1.45. The minimum absolute atomic E-state index is 0.0365. The van der Waals surface area contributed by atoms with Crippen molar-refractivity contribution in [2.75, 3.05) is 45.3 Å². The predicted molar refractivity (Wildman–Crippen MR) is 151 cm³/mol. The number of alkyl halides is 1. The van der Waals surface area contributed by atoms with Gasteiger partial charge in [0, 0.05) is 32.4 Å². The number of nitrogens with one attached hydrogen (secondary N) is 2. The molecule has 2 aromatic rings. The molecule has 2 aliphatic rings. The number of pyridine rings is 2. The number of hydrogen-bond acceptors (Lipinski definition) is 7. The summed E-state index contributed by atoms with van der Waals surface area (Å²) < 4.78 is 32.2. The highest BCUT2D eigenvalue weighted by Crippen LogP contribution is 2.49. The fraction of sp³-hybridized carbons (Fsp3) is 0.586. The summed E-state index contributed by atoms with van der Waals surface area (Å²) in [4.78, 5) is 36.0. The number of unbranched alkanes of at least 4 members (excludes halogenated alkanes) is 1. The van der Waals surface area contributed by atoms with E-state index in [0.29, 0.717) is 32.5 Å². The van der Waals surface area contributed by atoms with Crippen molar-refractivity contribution in [3.63, 3.8) is 0 Å². The van der Waals surface area contributed by atoms with Crippen LogP contribution in [0.3, 0.4) is 0 Å². The second kappa shape index (κ2) is 14.3. The van der Waals surface area contributed by atoms with Crippen LogP contribution in [0.15, 0.2) is 24.4 Å². The molecule has 9 nitrogen and oxygen atoms in total. The highest BCUT2D eigenvalue weighted by molar-refractivity contribution is 6.31. The van der Waals surface area contributed by atoms with Gasteiger partial charge in [-0.3, -0.25) is 9.78 Å². The van der Waals surface area contributed by atoms with Gasteiger partial charge in [0.25, 0.3) is 0 Å². The molecule has 0 radical (unpaired) electrons. The lowest BCUT2D eigenvalue weighted by atomic mass is 9.99. The average molecular weight is 594 g/mol. The Labute approximate surface area is 244 Å². The number of carbonyl (C=O) groups is 2. The average Bonchev–Trinajstić information content (AvgIpc) is 3.77. The van der Waals surface area contributed by atoms with Crippen molar-refractivity contribution >= 4 is 29.3 Å². The third-order valence-electron chi connectivity index (χ3n) is 7.86. The van der Waals surface area contributed by atoms with Crippen molar-refractivity contribution in [1.29, 1.82) is 0 Å². The molecular formula is C29H38ClF2N5O4. The van der Waals surface area contributed by atoms with Gasteiger partial charge in [-0.05, 0) is 75.6 Å². The first-order valence-electron chi connectivity index (χ1n) is 14.1. The molecule has 3 heterocycles. The third-order valence-corrected chi connectivity index (χ3v) is 8.15. The molecule has 2 aromatic heterocycles. The number of fused-ring (bicyclic) bond motifs is 1. The first-order valence-corrected chi connectivity index (χ1v) is 14.5. The van der Waals surface area contributed by atoms with E-state index in [1.807, 2.05) is 4.90 Å². The van der Waals surface area contributed by atoms with E-state index < -0.39 is 41.9 Å². The summed E-state index contributed by atoms with van der Waals surface area (Å²) in [6.07, 6.45) is 5.97. The van der Waals surface area contributed by atoms with Gasteiger partial charge in [-0.15, -0.1) is 0 Å². The lowest BCUT2D eigenvalue weighted by Gasteiger charge is -2.27. The molecular weight excluding hydrogens is 556 g/mol. The van der Waals surface area contributed by atoms with Crippen LogP contribution in [0.4, 0.5) is 14.6 Å². The Morgan fingerprint density at radius 1 is 1.29 bits per heavy atom. The number of hydrogen-bond donors (Lipinski definition) is 3. The van der Waals surface area contributed by atoms with Gasteiger partial charge in [0.1, 0.15) is 24.4 Å². The number of methoxy groups -OCH3 is 1. The SMILES string of the molecule is CO[C@H](CF)CN(CCCCc1ccc2c(n1)NCCC2)CC[C@H](NC(=O)C1(c2ncc(F)cc2Cl)CC1)C(=O)O. The Morgan fingerprint density at radius 2 is 2.10 bits per heavy atom. The van der Waals surface area contributed by atoms with Crippen LogP contribution in [0, 0.1) is 5.82 Å². The highest BCUT2D eigenvalue weighted by atomic mass is 35.5. The molecule has 1 fully saturated rings. The van der Waals surface area contributed by atoms with Crippen LogP contribution < -0.4 is 10.6 Å². The molecule has 41 heavy (non-hydrogen) atoms. The lowest BCUT2D eigenvalue weighted by Crippen LogP contribution is -2.48. The van der Waals surface area contributed by atoms with Crippen molar-refractivity contribution < 1.29 is 28.2 Å². The summed E-state index contributed by atoms with van der Waals surface area (Å²) in [5.41, 5.74) is 1.45. The van der Waals surface area contributed by atoms with E-state index in [1.54, 1.807) is 0 Å². The maximum Gasteiger partial charge on any atom is 0.326 e. The summed E-state index contributed by atoms with van der Waals surface area (Å²) in [6.45, 7) is 1.51. The minimum atomic E-state index is -1.17. The minimum Gasteiger partial charge on any atom is -0.480 e. The lowest BCUT2D eigenvalue weighted by molar-refractivity contribution is -0.142. The van der Waals surface area contributed by atoms with Crippen molar-refractivity contribution in [3.8, 4) is 0 Å². The zero-order chi connectivity index (χ0) is 29.4. The van der Waals surface area contributed by atoms with Gasteiger partial charge in [-0.1, -0.05) is 17.7 Å². The maximum absolute atomic E-state index is 13.5. The Hall–Kier alpha value is -2.89. The zero-order valence-electron chi connectivity index (χ0n) is 23.3. The van der Waals surface area contributed by atoms with Crippen LogP contribution in [0.25, 0.3) is 0 Å². The molecule has 0 spiro atoms. The van der Waals surface area contributed by atoms with Crippen molar-refractivity contribution in [3.05, 3.63) is 52.2 Å². The van der Waals surface area contributed by atoms with Crippen LogP contribution in [0.2, 0.25) is 5.02 Å². The molecule has 224 valence electrons. The zero-order valence-corrected chi connectivity index (χ0v) is 24.1. The molecule has 0 bridgehead atoms. The Morgan fingerprint density at radius 3 is 2.78 bits per heavy atom.